The summed E-state index contributed by atoms with van der Waals surface area (Å²) in [5.74, 6) is 0.206. The van der Waals surface area contributed by atoms with E-state index in [-0.39, 0.29) is 12.0 Å². The number of carbonyl (C=O) groups excluding carboxylic acids is 1. The van der Waals surface area contributed by atoms with E-state index in [0.29, 0.717) is 26.1 Å². The third kappa shape index (κ3) is 4.86. The first-order valence-electron chi connectivity index (χ1n) is 8.43. The van der Waals surface area contributed by atoms with Crippen LogP contribution in [0.15, 0.2) is 37.1 Å². The number of aryl methyl sites for hydroxylation is 2. The summed E-state index contributed by atoms with van der Waals surface area (Å²) in [4.78, 5) is 22.4. The number of carbonyl (C=O) groups is 1. The van der Waals surface area contributed by atoms with E-state index in [2.05, 4.69) is 15.1 Å². The lowest BCUT2D eigenvalue weighted by Gasteiger charge is -2.33. The third-order valence-electron chi connectivity index (χ3n) is 4.19. The molecule has 0 saturated carbocycles. The quantitative estimate of drug-likeness (QED) is 0.766. The van der Waals surface area contributed by atoms with Crippen molar-refractivity contribution >= 4 is 5.91 Å². The summed E-state index contributed by atoms with van der Waals surface area (Å²) in [6, 6.07) is 3.81. The van der Waals surface area contributed by atoms with Crippen LogP contribution in [0.2, 0.25) is 0 Å². The van der Waals surface area contributed by atoms with Gasteiger partial charge in [0.25, 0.3) is 0 Å². The molecule has 1 aliphatic rings. The Bertz CT molecular complexity index is 617. The van der Waals surface area contributed by atoms with Crippen LogP contribution in [-0.2, 0) is 22.5 Å². The lowest BCUT2D eigenvalue weighted by atomic mass is 10.1. The Labute approximate surface area is 141 Å². The maximum absolute atomic E-state index is 12.4. The molecule has 3 heterocycles. The maximum atomic E-state index is 12.4. The van der Waals surface area contributed by atoms with Crippen LogP contribution in [0.1, 0.15) is 25.0 Å². The number of aromatic nitrogens is 4. The minimum Gasteiger partial charge on any atom is -0.375 e. The number of hydrogen-bond acceptors (Lipinski definition) is 5. The monoisotopic (exact) mass is 329 g/mol. The van der Waals surface area contributed by atoms with Crippen molar-refractivity contribution in [3.05, 3.63) is 42.7 Å². The second kappa shape index (κ2) is 8.54. The Morgan fingerprint density at radius 1 is 1.38 bits per heavy atom. The molecular formula is C17H23N5O2. The van der Waals surface area contributed by atoms with E-state index in [1.165, 1.54) is 0 Å². The average molecular weight is 329 g/mol. The predicted octanol–water partition coefficient (Wildman–Crippen LogP) is 1.31. The number of amides is 1. The Morgan fingerprint density at radius 3 is 3.12 bits per heavy atom. The zero-order valence-electron chi connectivity index (χ0n) is 13.8. The minimum absolute atomic E-state index is 0.0868. The number of morpholine rings is 1. The van der Waals surface area contributed by atoms with Crippen LogP contribution < -0.4 is 0 Å². The zero-order valence-corrected chi connectivity index (χ0v) is 13.8. The van der Waals surface area contributed by atoms with Gasteiger partial charge in [-0.3, -0.25) is 9.48 Å². The summed E-state index contributed by atoms with van der Waals surface area (Å²) in [7, 11) is 0. The van der Waals surface area contributed by atoms with Crippen molar-refractivity contribution in [3.63, 3.8) is 0 Å². The van der Waals surface area contributed by atoms with Gasteiger partial charge in [0.2, 0.25) is 5.91 Å². The van der Waals surface area contributed by atoms with Gasteiger partial charge in [0.1, 0.15) is 6.33 Å². The van der Waals surface area contributed by atoms with Crippen molar-refractivity contribution < 1.29 is 9.53 Å². The Kier molecular flexibility index (Phi) is 5.90. The van der Waals surface area contributed by atoms with Crippen molar-refractivity contribution in [1.29, 1.82) is 0 Å². The summed E-state index contributed by atoms with van der Waals surface area (Å²) >= 11 is 0. The maximum Gasteiger partial charge on any atom is 0.222 e. The van der Waals surface area contributed by atoms with Gasteiger partial charge in [0, 0.05) is 50.3 Å². The Morgan fingerprint density at radius 2 is 2.33 bits per heavy atom. The van der Waals surface area contributed by atoms with Crippen LogP contribution in [0, 0.1) is 0 Å². The molecule has 2 aromatic rings. The van der Waals surface area contributed by atoms with Gasteiger partial charge in [-0.2, -0.15) is 5.10 Å². The highest BCUT2D eigenvalue weighted by atomic mass is 16.5. The summed E-state index contributed by atoms with van der Waals surface area (Å²) in [6.07, 6.45) is 10.1. The van der Waals surface area contributed by atoms with E-state index in [4.69, 9.17) is 4.74 Å². The molecule has 1 amide bonds. The molecule has 7 nitrogen and oxygen atoms in total. The largest absolute Gasteiger partial charge is 0.375 e. The second-order valence-electron chi connectivity index (χ2n) is 5.94. The van der Waals surface area contributed by atoms with Gasteiger partial charge < -0.3 is 9.64 Å². The molecule has 0 N–H and O–H groups in total. The number of hydrogen-bond donors (Lipinski definition) is 0. The highest BCUT2D eigenvalue weighted by molar-refractivity contribution is 5.76. The van der Waals surface area contributed by atoms with Crippen molar-refractivity contribution in [1.82, 2.24) is 24.6 Å². The number of nitrogens with zero attached hydrogens (tertiary/aromatic N) is 5. The lowest BCUT2D eigenvalue weighted by Crippen LogP contribution is -2.45. The highest BCUT2D eigenvalue weighted by Gasteiger charge is 2.23. The molecule has 0 bridgehead atoms. The van der Waals surface area contributed by atoms with Gasteiger partial charge in [0.05, 0.1) is 12.7 Å². The smallest absolute Gasteiger partial charge is 0.222 e. The molecule has 1 aliphatic heterocycles. The molecule has 1 fully saturated rings. The second-order valence-corrected chi connectivity index (χ2v) is 5.94. The SMILES string of the molecule is O=C(CCCn1cccn1)N1CCO[C@H](CCc2ccncn2)C1. The van der Waals surface area contributed by atoms with E-state index in [0.717, 1.165) is 31.5 Å². The Hall–Kier alpha value is -2.28. The summed E-state index contributed by atoms with van der Waals surface area (Å²) in [5.41, 5.74) is 1.01. The normalized spacial score (nSPS) is 17.8. The molecule has 7 heteroatoms. The fourth-order valence-corrected chi connectivity index (χ4v) is 2.88. The molecule has 2 aromatic heterocycles. The van der Waals surface area contributed by atoms with Crippen molar-refractivity contribution in [2.24, 2.45) is 0 Å². The zero-order chi connectivity index (χ0) is 16.6. The fraction of sp³-hybridized carbons (Fsp3) is 0.529. The van der Waals surface area contributed by atoms with Gasteiger partial charge >= 0.3 is 0 Å². The number of ether oxygens (including phenoxy) is 1. The standard InChI is InChI=1S/C17H23N5O2/c23-17(3-1-9-22-10-2-7-20-22)21-11-12-24-16(13-21)5-4-15-6-8-18-14-19-15/h2,6-8,10,14,16H,1,3-5,9,11-13H2/t16-/m1/s1. The summed E-state index contributed by atoms with van der Waals surface area (Å²) in [5, 5.41) is 4.15. The van der Waals surface area contributed by atoms with Gasteiger partial charge in [-0.05, 0) is 31.4 Å². The molecule has 0 aromatic carbocycles. The van der Waals surface area contributed by atoms with E-state index >= 15 is 0 Å². The van der Waals surface area contributed by atoms with Crippen LogP contribution in [0.3, 0.4) is 0 Å². The first kappa shape index (κ1) is 16.6. The first-order valence-corrected chi connectivity index (χ1v) is 8.43. The van der Waals surface area contributed by atoms with Gasteiger partial charge in [0.15, 0.2) is 0 Å². The topological polar surface area (TPSA) is 73.1 Å². The molecule has 1 atom stereocenters. The van der Waals surface area contributed by atoms with Crippen molar-refractivity contribution in [2.45, 2.75) is 38.3 Å². The van der Waals surface area contributed by atoms with Gasteiger partial charge in [-0.15, -0.1) is 0 Å². The first-order chi connectivity index (χ1) is 11.8. The Balaban J connectivity index is 1.40. The third-order valence-corrected chi connectivity index (χ3v) is 4.19. The van der Waals surface area contributed by atoms with E-state index in [1.54, 1.807) is 18.7 Å². The van der Waals surface area contributed by atoms with Crippen LogP contribution in [0.4, 0.5) is 0 Å². The number of rotatable bonds is 7. The van der Waals surface area contributed by atoms with E-state index in [9.17, 15) is 4.79 Å². The van der Waals surface area contributed by atoms with Gasteiger partial charge in [-0.1, -0.05) is 0 Å². The van der Waals surface area contributed by atoms with Gasteiger partial charge in [-0.25, -0.2) is 9.97 Å². The van der Waals surface area contributed by atoms with E-state index in [1.807, 2.05) is 27.9 Å². The average Bonchev–Trinajstić information content (AvgIpc) is 3.14. The van der Waals surface area contributed by atoms with Crippen LogP contribution in [-0.4, -0.2) is 56.4 Å². The minimum atomic E-state index is 0.0868. The molecular weight excluding hydrogens is 306 g/mol. The molecule has 3 rings (SSSR count). The van der Waals surface area contributed by atoms with Crippen molar-refractivity contribution in [2.75, 3.05) is 19.7 Å². The summed E-state index contributed by atoms with van der Waals surface area (Å²) in [6.45, 7) is 2.75. The predicted molar refractivity (Wildman–Crippen MR) is 88.1 cm³/mol. The van der Waals surface area contributed by atoms with E-state index < -0.39 is 0 Å². The molecule has 0 aliphatic carbocycles. The van der Waals surface area contributed by atoms with Crippen LogP contribution >= 0.6 is 0 Å². The molecule has 0 unspecified atom stereocenters. The summed E-state index contributed by atoms with van der Waals surface area (Å²) < 4.78 is 7.65. The molecule has 0 radical (unpaired) electrons. The highest BCUT2D eigenvalue weighted by Crippen LogP contribution is 2.13. The van der Waals surface area contributed by atoms with Crippen LogP contribution in [0.25, 0.3) is 0 Å². The van der Waals surface area contributed by atoms with Crippen molar-refractivity contribution in [3.8, 4) is 0 Å². The molecule has 1 saturated heterocycles. The lowest BCUT2D eigenvalue weighted by molar-refractivity contribution is -0.139. The fourth-order valence-electron chi connectivity index (χ4n) is 2.88. The molecule has 0 spiro atoms. The molecule has 128 valence electrons. The van der Waals surface area contributed by atoms with Crippen LogP contribution in [0.5, 0.6) is 0 Å². The molecule has 24 heavy (non-hydrogen) atoms.